The Bertz CT molecular complexity index is 1060. The summed E-state index contributed by atoms with van der Waals surface area (Å²) < 4.78 is 92.9. The van der Waals surface area contributed by atoms with Gasteiger partial charge in [-0.3, -0.25) is 4.90 Å². The summed E-state index contributed by atoms with van der Waals surface area (Å²) in [6.45, 7) is 0.509. The van der Waals surface area contributed by atoms with Crippen molar-refractivity contribution in [1.29, 1.82) is 0 Å². The van der Waals surface area contributed by atoms with Crippen molar-refractivity contribution in [3.63, 3.8) is 0 Å². The first-order valence-corrected chi connectivity index (χ1v) is 11.1. The molecule has 1 fully saturated rings. The van der Waals surface area contributed by atoms with Gasteiger partial charge in [0.2, 0.25) is 0 Å². The van der Waals surface area contributed by atoms with Crippen LogP contribution in [-0.2, 0) is 6.54 Å². The number of anilines is 1. The molecular formula is C24H26F6N2O4. The van der Waals surface area contributed by atoms with E-state index in [9.17, 15) is 31.1 Å². The van der Waals surface area contributed by atoms with E-state index in [1.54, 1.807) is 6.07 Å². The van der Waals surface area contributed by atoms with Gasteiger partial charge in [-0.25, -0.2) is 9.18 Å². The molecular weight excluding hydrogens is 494 g/mol. The van der Waals surface area contributed by atoms with Gasteiger partial charge in [-0.1, -0.05) is 0 Å². The van der Waals surface area contributed by atoms with Crippen LogP contribution in [0.5, 0.6) is 17.2 Å². The number of alkyl halides is 5. The van der Waals surface area contributed by atoms with Crippen molar-refractivity contribution in [1.82, 2.24) is 4.90 Å². The molecule has 3 rings (SSSR count). The number of nitrogens with zero attached hydrogens (tertiary/aromatic N) is 2. The molecule has 1 aliphatic heterocycles. The average Bonchev–Trinajstić information content (AvgIpc) is 2.82. The van der Waals surface area contributed by atoms with E-state index in [0.29, 0.717) is 36.5 Å². The van der Waals surface area contributed by atoms with Gasteiger partial charge in [0.15, 0.2) is 11.5 Å². The number of carbonyl (C=O) groups excluding carboxylic acids is 1. The second-order valence-corrected chi connectivity index (χ2v) is 8.15. The lowest BCUT2D eigenvalue weighted by atomic mass is 10.1. The molecule has 2 aromatic carbocycles. The van der Waals surface area contributed by atoms with E-state index in [-0.39, 0.29) is 24.1 Å². The molecule has 12 heteroatoms. The standard InChI is InChI=1S/C24H26F6N2O4/c1-34-19-7-5-17(25)13-16(19)15-31-10-4-11-32(22(31)33)18-6-8-20(35-2)21(14-18)36-12-3-9-23(26,27)24(28,29)30/h5-8,13-14H,3-4,9-12,15H2,1-2H3. The minimum atomic E-state index is -5.62. The molecule has 0 radical (unpaired) electrons. The molecule has 0 saturated carbocycles. The lowest BCUT2D eigenvalue weighted by Gasteiger charge is -2.36. The molecule has 1 heterocycles. The van der Waals surface area contributed by atoms with Crippen LogP contribution in [0, 0.1) is 5.82 Å². The number of amides is 2. The van der Waals surface area contributed by atoms with Gasteiger partial charge in [-0.15, -0.1) is 0 Å². The van der Waals surface area contributed by atoms with E-state index >= 15 is 0 Å². The van der Waals surface area contributed by atoms with Crippen LogP contribution in [0.25, 0.3) is 0 Å². The largest absolute Gasteiger partial charge is 0.496 e. The Morgan fingerprint density at radius 1 is 0.917 bits per heavy atom. The maximum absolute atomic E-state index is 13.8. The Kier molecular flexibility index (Phi) is 8.47. The summed E-state index contributed by atoms with van der Waals surface area (Å²) in [5, 5.41) is 0. The average molecular weight is 520 g/mol. The van der Waals surface area contributed by atoms with Gasteiger partial charge in [0, 0.05) is 36.8 Å². The van der Waals surface area contributed by atoms with Gasteiger partial charge in [0.05, 0.1) is 27.4 Å². The van der Waals surface area contributed by atoms with Gasteiger partial charge >= 0.3 is 18.1 Å². The van der Waals surface area contributed by atoms with Crippen LogP contribution in [0.15, 0.2) is 36.4 Å². The smallest absolute Gasteiger partial charge is 0.453 e. The van der Waals surface area contributed by atoms with Crippen LogP contribution in [0.4, 0.5) is 36.8 Å². The Labute approximate surface area is 204 Å². The maximum atomic E-state index is 13.8. The summed E-state index contributed by atoms with van der Waals surface area (Å²) >= 11 is 0. The lowest BCUT2D eigenvalue weighted by molar-refractivity contribution is -0.284. The van der Waals surface area contributed by atoms with Crippen LogP contribution >= 0.6 is 0 Å². The number of urea groups is 1. The highest BCUT2D eigenvalue weighted by molar-refractivity contribution is 5.93. The first kappa shape index (κ1) is 27.3. The highest BCUT2D eigenvalue weighted by Crippen LogP contribution is 2.39. The van der Waals surface area contributed by atoms with Crippen LogP contribution in [0.2, 0.25) is 0 Å². The van der Waals surface area contributed by atoms with E-state index in [4.69, 9.17) is 14.2 Å². The van der Waals surface area contributed by atoms with Crippen LogP contribution < -0.4 is 19.1 Å². The fraction of sp³-hybridized carbons (Fsp3) is 0.458. The molecule has 0 aromatic heterocycles. The van der Waals surface area contributed by atoms with E-state index < -0.39 is 37.4 Å². The summed E-state index contributed by atoms with van der Waals surface area (Å²) in [7, 11) is 2.80. The number of hydrogen-bond acceptors (Lipinski definition) is 4. The minimum absolute atomic E-state index is 0.0991. The Balaban J connectivity index is 1.71. The van der Waals surface area contributed by atoms with E-state index in [2.05, 4.69) is 0 Å². The monoisotopic (exact) mass is 520 g/mol. The Hall–Kier alpha value is -3.31. The van der Waals surface area contributed by atoms with Crippen LogP contribution in [-0.4, -0.2) is 56.9 Å². The SMILES string of the molecule is COc1ccc(F)cc1CN1CCCN(c2ccc(OC)c(OCCCC(F)(F)C(F)(F)F)c2)C1=O. The lowest BCUT2D eigenvalue weighted by Crippen LogP contribution is -2.49. The van der Waals surface area contributed by atoms with Crippen molar-refractivity contribution < 1.29 is 45.3 Å². The van der Waals surface area contributed by atoms with E-state index in [1.165, 1.54) is 54.4 Å². The highest BCUT2D eigenvalue weighted by Gasteiger charge is 2.56. The molecule has 198 valence electrons. The Morgan fingerprint density at radius 3 is 2.28 bits per heavy atom. The van der Waals surface area contributed by atoms with E-state index in [1.807, 2.05) is 0 Å². The first-order valence-electron chi connectivity index (χ1n) is 11.1. The quantitative estimate of drug-likeness (QED) is 0.284. The molecule has 0 aliphatic carbocycles. The van der Waals surface area contributed by atoms with Gasteiger partial charge in [-0.05, 0) is 43.2 Å². The van der Waals surface area contributed by atoms with Crippen molar-refractivity contribution >= 4 is 11.7 Å². The summed E-state index contributed by atoms with van der Waals surface area (Å²) in [6.07, 6.45) is -6.98. The minimum Gasteiger partial charge on any atom is -0.496 e. The molecule has 0 unspecified atom stereocenters. The van der Waals surface area contributed by atoms with Crippen molar-refractivity contribution in [3.8, 4) is 17.2 Å². The zero-order valence-electron chi connectivity index (χ0n) is 19.7. The van der Waals surface area contributed by atoms with Gasteiger partial charge in [-0.2, -0.15) is 22.0 Å². The Morgan fingerprint density at radius 2 is 1.61 bits per heavy atom. The summed E-state index contributed by atoms with van der Waals surface area (Å²) in [5.74, 6) is -4.50. The topological polar surface area (TPSA) is 51.2 Å². The zero-order valence-corrected chi connectivity index (χ0v) is 19.7. The number of rotatable bonds is 10. The molecule has 0 spiro atoms. The van der Waals surface area contributed by atoms with Gasteiger partial charge < -0.3 is 19.1 Å². The molecule has 0 N–H and O–H groups in total. The number of benzene rings is 2. The predicted molar refractivity (Wildman–Crippen MR) is 119 cm³/mol. The third-order valence-electron chi connectivity index (χ3n) is 5.68. The molecule has 0 bridgehead atoms. The van der Waals surface area contributed by atoms with Crippen molar-refractivity contribution in [2.75, 3.05) is 38.8 Å². The number of ether oxygens (including phenoxy) is 3. The molecule has 2 amide bonds. The summed E-state index contributed by atoms with van der Waals surface area (Å²) in [5.41, 5.74) is 0.925. The zero-order chi connectivity index (χ0) is 26.5. The van der Waals surface area contributed by atoms with E-state index in [0.717, 1.165) is 0 Å². The number of carbonyl (C=O) groups is 1. The molecule has 6 nitrogen and oxygen atoms in total. The number of hydrogen-bond donors (Lipinski definition) is 0. The third-order valence-corrected chi connectivity index (χ3v) is 5.68. The maximum Gasteiger partial charge on any atom is 0.453 e. The fourth-order valence-corrected chi connectivity index (χ4v) is 3.81. The molecule has 36 heavy (non-hydrogen) atoms. The molecule has 0 atom stereocenters. The van der Waals surface area contributed by atoms with Crippen molar-refractivity contribution in [2.24, 2.45) is 0 Å². The van der Waals surface area contributed by atoms with Gasteiger partial charge in [0.25, 0.3) is 0 Å². The van der Waals surface area contributed by atoms with Gasteiger partial charge in [0.1, 0.15) is 11.6 Å². The predicted octanol–water partition coefficient (Wildman–Crippen LogP) is 6.03. The second-order valence-electron chi connectivity index (χ2n) is 8.15. The molecule has 1 saturated heterocycles. The molecule has 1 aliphatic rings. The summed E-state index contributed by atoms with van der Waals surface area (Å²) in [6, 6.07) is 8.26. The van der Waals surface area contributed by atoms with Crippen LogP contribution in [0.3, 0.4) is 0 Å². The van der Waals surface area contributed by atoms with Crippen molar-refractivity contribution in [2.45, 2.75) is 37.9 Å². The van der Waals surface area contributed by atoms with Crippen molar-refractivity contribution in [3.05, 3.63) is 47.8 Å². The first-order chi connectivity index (χ1) is 17.0. The highest BCUT2D eigenvalue weighted by atomic mass is 19.4. The second kappa shape index (κ2) is 11.2. The summed E-state index contributed by atoms with van der Waals surface area (Å²) in [4.78, 5) is 16.2. The number of halogens is 6. The normalized spacial score (nSPS) is 14.7. The third kappa shape index (κ3) is 6.27. The van der Waals surface area contributed by atoms with Crippen LogP contribution in [0.1, 0.15) is 24.8 Å². The fourth-order valence-electron chi connectivity index (χ4n) is 3.81. The number of methoxy groups -OCH3 is 2. The molecule has 2 aromatic rings.